The second-order valence-corrected chi connectivity index (χ2v) is 8.00. The Kier molecular flexibility index (Phi) is 6.53. The van der Waals surface area contributed by atoms with Gasteiger partial charge in [0, 0.05) is 29.2 Å². The van der Waals surface area contributed by atoms with Gasteiger partial charge in [0.2, 0.25) is 0 Å². The molecule has 1 N–H and O–H groups in total. The van der Waals surface area contributed by atoms with Gasteiger partial charge in [-0.05, 0) is 32.3 Å². The number of carbonyl (C=O) groups excluding carboxylic acids is 2. The molecule has 2 aromatic rings. The van der Waals surface area contributed by atoms with Crippen LogP contribution in [0.15, 0.2) is 48.6 Å². The standard InChI is InChI=1S/C22H22Cl2N2O4/c1-25(2)10-6-7-11-26-18-13-14(20(27)30-3)12-17(24)19(18)22(29,21(26)28)15-8-4-5-9-16(15)23/h4-9,12-13,29H,10-11H2,1-3H3. The van der Waals surface area contributed by atoms with Crippen LogP contribution in [0.5, 0.6) is 0 Å². The summed E-state index contributed by atoms with van der Waals surface area (Å²) in [6.45, 7) is 0.875. The van der Waals surface area contributed by atoms with Crippen LogP contribution in [0.1, 0.15) is 21.5 Å². The molecule has 0 radical (unpaired) electrons. The molecule has 0 saturated carbocycles. The minimum Gasteiger partial charge on any atom is -0.465 e. The quantitative estimate of drug-likeness (QED) is 0.540. The first-order chi connectivity index (χ1) is 14.2. The Hall–Kier alpha value is -2.38. The number of methoxy groups -OCH3 is 1. The molecule has 6 nitrogen and oxygen atoms in total. The van der Waals surface area contributed by atoms with Crippen LogP contribution in [-0.2, 0) is 15.1 Å². The van der Waals surface area contributed by atoms with Gasteiger partial charge in [0.05, 0.1) is 23.4 Å². The maximum absolute atomic E-state index is 13.5. The van der Waals surface area contributed by atoms with Crippen molar-refractivity contribution in [2.24, 2.45) is 0 Å². The van der Waals surface area contributed by atoms with Crippen LogP contribution in [0, 0.1) is 0 Å². The van der Waals surface area contributed by atoms with Crippen LogP contribution < -0.4 is 4.90 Å². The minimum atomic E-state index is -2.07. The van der Waals surface area contributed by atoms with Crippen molar-refractivity contribution in [2.45, 2.75) is 5.60 Å². The number of benzene rings is 2. The fourth-order valence-electron chi connectivity index (χ4n) is 3.46. The van der Waals surface area contributed by atoms with Crippen molar-refractivity contribution < 1.29 is 19.4 Å². The van der Waals surface area contributed by atoms with E-state index >= 15 is 0 Å². The number of likely N-dealkylation sites (N-methyl/N-ethyl adjacent to an activating group) is 1. The first-order valence-electron chi connectivity index (χ1n) is 9.23. The number of anilines is 1. The lowest BCUT2D eigenvalue weighted by Crippen LogP contribution is -2.41. The maximum atomic E-state index is 13.5. The number of amides is 1. The van der Waals surface area contributed by atoms with E-state index in [0.717, 1.165) is 0 Å². The van der Waals surface area contributed by atoms with Crippen LogP contribution in [0.25, 0.3) is 0 Å². The molecule has 0 fully saturated rings. The average molecular weight is 449 g/mol. The van der Waals surface area contributed by atoms with Gasteiger partial charge >= 0.3 is 5.97 Å². The molecule has 8 heteroatoms. The average Bonchev–Trinajstić information content (AvgIpc) is 2.93. The zero-order chi connectivity index (χ0) is 22.1. The number of carbonyl (C=O) groups is 2. The summed E-state index contributed by atoms with van der Waals surface area (Å²) in [5, 5.41) is 11.9. The van der Waals surface area contributed by atoms with Crippen LogP contribution in [0.2, 0.25) is 10.0 Å². The number of fused-ring (bicyclic) bond motifs is 1. The second kappa shape index (κ2) is 8.78. The van der Waals surface area contributed by atoms with Crippen molar-refractivity contribution in [3.05, 3.63) is 75.3 Å². The molecule has 3 rings (SSSR count). The zero-order valence-electron chi connectivity index (χ0n) is 16.9. The first kappa shape index (κ1) is 22.3. The van der Waals surface area contributed by atoms with E-state index in [-0.39, 0.29) is 33.3 Å². The summed E-state index contributed by atoms with van der Waals surface area (Å²) in [6, 6.07) is 9.45. The van der Waals surface area contributed by atoms with Gasteiger partial charge in [-0.2, -0.15) is 0 Å². The Labute approximate surface area is 185 Å². The molecule has 1 unspecified atom stereocenters. The molecule has 0 aromatic heterocycles. The van der Waals surface area contributed by atoms with Crippen molar-refractivity contribution in [3.63, 3.8) is 0 Å². The van der Waals surface area contributed by atoms with E-state index in [9.17, 15) is 14.7 Å². The number of ether oxygens (including phenoxy) is 1. The molecule has 0 aliphatic carbocycles. The molecule has 1 aliphatic heterocycles. The molecule has 1 aliphatic rings. The normalized spacial score (nSPS) is 18.4. The van der Waals surface area contributed by atoms with Gasteiger partial charge in [0.15, 0.2) is 5.60 Å². The molecule has 30 heavy (non-hydrogen) atoms. The number of halogens is 2. The predicted molar refractivity (Wildman–Crippen MR) is 117 cm³/mol. The number of esters is 1. The molecule has 1 amide bonds. The Morgan fingerprint density at radius 3 is 2.53 bits per heavy atom. The number of nitrogens with zero attached hydrogens (tertiary/aromatic N) is 2. The van der Waals surface area contributed by atoms with Crippen LogP contribution in [-0.4, -0.2) is 56.2 Å². The molecule has 0 saturated heterocycles. The summed E-state index contributed by atoms with van der Waals surface area (Å²) in [7, 11) is 5.12. The highest BCUT2D eigenvalue weighted by molar-refractivity contribution is 6.35. The topological polar surface area (TPSA) is 70.1 Å². The van der Waals surface area contributed by atoms with Crippen molar-refractivity contribution in [1.82, 2.24) is 4.90 Å². The minimum absolute atomic E-state index is 0.0726. The number of hydrogen-bond acceptors (Lipinski definition) is 5. The molecule has 158 valence electrons. The smallest absolute Gasteiger partial charge is 0.337 e. The van der Waals surface area contributed by atoms with E-state index in [4.69, 9.17) is 27.9 Å². The molecule has 0 spiro atoms. The third-order valence-corrected chi connectivity index (χ3v) is 5.51. The predicted octanol–water partition coefficient (Wildman–Crippen LogP) is 3.48. The molecular weight excluding hydrogens is 427 g/mol. The summed E-state index contributed by atoms with van der Waals surface area (Å²) >= 11 is 12.8. The van der Waals surface area contributed by atoms with E-state index in [1.807, 2.05) is 31.1 Å². The summed E-state index contributed by atoms with van der Waals surface area (Å²) in [5.74, 6) is -1.19. The summed E-state index contributed by atoms with van der Waals surface area (Å²) < 4.78 is 4.79. The summed E-state index contributed by atoms with van der Waals surface area (Å²) in [5.41, 5.74) is -1.14. The fraction of sp³-hybridized carbons (Fsp3) is 0.273. The van der Waals surface area contributed by atoms with Crippen LogP contribution in [0.4, 0.5) is 5.69 Å². The molecule has 2 aromatic carbocycles. The molecular formula is C22H22Cl2N2O4. The zero-order valence-corrected chi connectivity index (χ0v) is 18.4. The Balaban J connectivity index is 2.18. The van der Waals surface area contributed by atoms with E-state index in [1.165, 1.54) is 24.1 Å². The summed E-state index contributed by atoms with van der Waals surface area (Å²) in [4.78, 5) is 28.9. The fourth-order valence-corrected chi connectivity index (χ4v) is 4.09. The Morgan fingerprint density at radius 1 is 1.20 bits per heavy atom. The lowest BCUT2D eigenvalue weighted by Gasteiger charge is -2.24. The molecule has 1 heterocycles. The Bertz CT molecular complexity index is 1020. The largest absolute Gasteiger partial charge is 0.465 e. The lowest BCUT2D eigenvalue weighted by atomic mass is 9.87. The highest BCUT2D eigenvalue weighted by Crippen LogP contribution is 2.49. The second-order valence-electron chi connectivity index (χ2n) is 7.18. The monoisotopic (exact) mass is 448 g/mol. The van der Waals surface area contributed by atoms with Crippen molar-refractivity contribution >= 4 is 40.8 Å². The van der Waals surface area contributed by atoms with Crippen molar-refractivity contribution in [1.29, 1.82) is 0 Å². The summed E-state index contributed by atoms with van der Waals surface area (Å²) in [6.07, 6.45) is 3.73. The van der Waals surface area contributed by atoms with Gasteiger partial charge in [-0.3, -0.25) is 4.79 Å². The van der Waals surface area contributed by atoms with Crippen LogP contribution >= 0.6 is 23.2 Å². The van der Waals surface area contributed by atoms with Crippen LogP contribution in [0.3, 0.4) is 0 Å². The first-order valence-corrected chi connectivity index (χ1v) is 9.98. The highest BCUT2D eigenvalue weighted by atomic mass is 35.5. The number of hydrogen-bond donors (Lipinski definition) is 1. The number of rotatable bonds is 6. The van der Waals surface area contributed by atoms with Gasteiger partial charge in [0.25, 0.3) is 5.91 Å². The van der Waals surface area contributed by atoms with Gasteiger partial charge < -0.3 is 19.6 Å². The lowest BCUT2D eigenvalue weighted by molar-refractivity contribution is -0.132. The van der Waals surface area contributed by atoms with Gasteiger partial charge in [0.1, 0.15) is 0 Å². The van der Waals surface area contributed by atoms with E-state index in [0.29, 0.717) is 12.2 Å². The molecule has 1 atom stereocenters. The van der Waals surface area contributed by atoms with Crippen molar-refractivity contribution in [3.8, 4) is 0 Å². The Morgan fingerprint density at radius 2 is 1.90 bits per heavy atom. The van der Waals surface area contributed by atoms with E-state index in [2.05, 4.69) is 0 Å². The van der Waals surface area contributed by atoms with Gasteiger partial charge in [-0.1, -0.05) is 53.6 Å². The SMILES string of the molecule is COC(=O)c1cc(Cl)c2c(c1)N(CC=CCN(C)C)C(=O)C2(O)c1ccccc1Cl. The molecule has 0 bridgehead atoms. The third-order valence-electron chi connectivity index (χ3n) is 4.89. The van der Waals surface area contributed by atoms with E-state index in [1.54, 1.807) is 24.3 Å². The van der Waals surface area contributed by atoms with Gasteiger partial charge in [-0.25, -0.2) is 4.79 Å². The third kappa shape index (κ3) is 3.84. The van der Waals surface area contributed by atoms with E-state index < -0.39 is 17.5 Å². The highest BCUT2D eigenvalue weighted by Gasteiger charge is 2.53. The van der Waals surface area contributed by atoms with Gasteiger partial charge in [-0.15, -0.1) is 0 Å². The maximum Gasteiger partial charge on any atom is 0.337 e. The number of aliphatic hydroxyl groups is 1. The van der Waals surface area contributed by atoms with Crippen molar-refractivity contribution in [2.75, 3.05) is 39.2 Å².